The smallest absolute Gasteiger partial charge is 0.351 e. The van der Waals surface area contributed by atoms with E-state index in [0.717, 1.165) is 6.42 Å². The Bertz CT molecular complexity index is 211. The molecule has 0 radical (unpaired) electrons. The van der Waals surface area contributed by atoms with Crippen molar-refractivity contribution in [1.29, 1.82) is 0 Å². The van der Waals surface area contributed by atoms with Gasteiger partial charge in [-0.15, -0.1) is 0 Å². The summed E-state index contributed by atoms with van der Waals surface area (Å²) in [5, 5.41) is 9.06. The van der Waals surface area contributed by atoms with Crippen molar-refractivity contribution < 1.29 is 9.90 Å². The maximum atomic E-state index is 11.0. The molecule has 0 aliphatic rings. The van der Waals surface area contributed by atoms with Crippen LogP contribution in [0.1, 0.15) is 41.0 Å². The molecule has 0 heterocycles. The van der Waals surface area contributed by atoms with Gasteiger partial charge in [-0.2, -0.15) is 0 Å². The molecule has 0 rings (SSSR count). The van der Waals surface area contributed by atoms with Gasteiger partial charge >= 0.3 is 5.97 Å². The van der Waals surface area contributed by atoms with Crippen LogP contribution < -0.4 is 0 Å². The number of carboxylic acids is 1. The number of carboxylic acid groups (broad SMARTS) is 1. The molecule has 3 heteroatoms. The van der Waals surface area contributed by atoms with Crippen LogP contribution >= 0.6 is 0 Å². The number of carbonyl (C=O) groups is 1. The lowest BCUT2D eigenvalue weighted by atomic mass is 10.2. The number of rotatable bonds is 5. The van der Waals surface area contributed by atoms with Crippen LogP contribution in [0.5, 0.6) is 0 Å². The Labute approximate surface area is 86.4 Å². The first-order valence-electron chi connectivity index (χ1n) is 5.13. The third kappa shape index (κ3) is 3.40. The van der Waals surface area contributed by atoms with Gasteiger partial charge in [0, 0.05) is 12.1 Å². The van der Waals surface area contributed by atoms with Crippen LogP contribution in [0, 0.1) is 0 Å². The molecule has 0 unspecified atom stereocenters. The predicted molar refractivity (Wildman–Crippen MR) is 58.1 cm³/mol. The maximum Gasteiger partial charge on any atom is 0.351 e. The zero-order valence-corrected chi connectivity index (χ0v) is 9.74. The van der Waals surface area contributed by atoms with Gasteiger partial charge in [-0.3, -0.25) is 0 Å². The lowest BCUT2D eigenvalue weighted by molar-refractivity contribution is -0.135. The van der Waals surface area contributed by atoms with Crippen LogP contribution in [-0.2, 0) is 4.79 Å². The average Bonchev–Trinajstić information content (AvgIpc) is 2.01. The summed E-state index contributed by atoms with van der Waals surface area (Å²) < 4.78 is 0. The van der Waals surface area contributed by atoms with Gasteiger partial charge in [0.25, 0.3) is 0 Å². The normalized spacial score (nSPS) is 12.4. The molecule has 0 amide bonds. The summed E-state index contributed by atoms with van der Waals surface area (Å²) >= 11 is 0. The summed E-state index contributed by atoms with van der Waals surface area (Å²) in [6.45, 7) is 9.97. The number of aliphatic carboxylic acids is 1. The van der Waals surface area contributed by atoms with Gasteiger partial charge in [0.2, 0.25) is 0 Å². The van der Waals surface area contributed by atoms with Crippen LogP contribution in [0.3, 0.4) is 0 Å². The first-order chi connectivity index (χ1) is 6.41. The molecule has 3 nitrogen and oxygen atoms in total. The van der Waals surface area contributed by atoms with Gasteiger partial charge in [-0.25, -0.2) is 4.79 Å². The molecule has 0 fully saturated rings. The monoisotopic (exact) mass is 199 g/mol. The minimum absolute atomic E-state index is 0.212. The van der Waals surface area contributed by atoms with E-state index in [0.29, 0.717) is 5.70 Å². The summed E-state index contributed by atoms with van der Waals surface area (Å²) in [6.07, 6.45) is 2.51. The van der Waals surface area contributed by atoms with Crippen molar-refractivity contribution in [3.05, 3.63) is 11.8 Å². The fraction of sp³-hybridized carbons (Fsp3) is 0.727. The zero-order chi connectivity index (χ0) is 11.3. The van der Waals surface area contributed by atoms with Crippen molar-refractivity contribution in [2.24, 2.45) is 0 Å². The molecule has 0 aliphatic heterocycles. The summed E-state index contributed by atoms with van der Waals surface area (Å²) in [4.78, 5) is 13.0. The van der Waals surface area contributed by atoms with Crippen LogP contribution in [0.15, 0.2) is 11.8 Å². The van der Waals surface area contributed by atoms with E-state index in [9.17, 15) is 4.79 Å². The Morgan fingerprint density at radius 3 is 1.93 bits per heavy atom. The highest BCUT2D eigenvalue weighted by atomic mass is 16.4. The second-order valence-electron chi connectivity index (χ2n) is 3.90. The Morgan fingerprint density at radius 1 is 1.29 bits per heavy atom. The fourth-order valence-electron chi connectivity index (χ4n) is 1.65. The second-order valence-corrected chi connectivity index (χ2v) is 3.90. The summed E-state index contributed by atoms with van der Waals surface area (Å²) in [5.41, 5.74) is 0.414. The van der Waals surface area contributed by atoms with Crippen molar-refractivity contribution >= 4 is 5.97 Å². The highest BCUT2D eigenvalue weighted by Crippen LogP contribution is 2.14. The Morgan fingerprint density at radius 2 is 1.71 bits per heavy atom. The van der Waals surface area contributed by atoms with E-state index < -0.39 is 5.97 Å². The molecule has 0 saturated heterocycles. The summed E-state index contributed by atoms with van der Waals surface area (Å²) in [5.74, 6) is -0.839. The molecule has 1 N–H and O–H groups in total. The Hall–Kier alpha value is -0.990. The molecule has 0 aromatic carbocycles. The van der Waals surface area contributed by atoms with E-state index in [-0.39, 0.29) is 12.1 Å². The van der Waals surface area contributed by atoms with E-state index in [1.54, 1.807) is 6.08 Å². The van der Waals surface area contributed by atoms with Gasteiger partial charge in [-0.05, 0) is 34.1 Å². The molecule has 0 aliphatic carbocycles. The van der Waals surface area contributed by atoms with E-state index in [4.69, 9.17) is 5.11 Å². The highest BCUT2D eigenvalue weighted by Gasteiger charge is 2.21. The SMILES string of the molecule is CC/C=C(\C(=O)O)N(C(C)C)C(C)C. The summed E-state index contributed by atoms with van der Waals surface area (Å²) in [7, 11) is 0. The van der Waals surface area contributed by atoms with Gasteiger partial charge in [-0.1, -0.05) is 13.0 Å². The van der Waals surface area contributed by atoms with Crippen molar-refractivity contribution in [2.75, 3.05) is 0 Å². The molecule has 14 heavy (non-hydrogen) atoms. The van der Waals surface area contributed by atoms with E-state index in [2.05, 4.69) is 0 Å². The van der Waals surface area contributed by atoms with Gasteiger partial charge in [0.1, 0.15) is 5.70 Å². The highest BCUT2D eigenvalue weighted by molar-refractivity contribution is 5.85. The minimum atomic E-state index is -0.839. The van der Waals surface area contributed by atoms with Crippen molar-refractivity contribution in [3.8, 4) is 0 Å². The molecule has 0 atom stereocenters. The number of nitrogens with zero attached hydrogens (tertiary/aromatic N) is 1. The molecule has 0 bridgehead atoms. The third-order valence-electron chi connectivity index (χ3n) is 2.01. The Balaban J connectivity index is 4.93. The molecule has 0 aromatic heterocycles. The van der Waals surface area contributed by atoms with Crippen molar-refractivity contribution in [2.45, 2.75) is 53.1 Å². The molecule has 82 valence electrons. The number of allylic oxidation sites excluding steroid dienone is 1. The van der Waals surface area contributed by atoms with Crippen LogP contribution in [0.25, 0.3) is 0 Å². The van der Waals surface area contributed by atoms with E-state index in [1.807, 2.05) is 39.5 Å². The van der Waals surface area contributed by atoms with Crippen molar-refractivity contribution in [1.82, 2.24) is 4.90 Å². The topological polar surface area (TPSA) is 40.5 Å². The lowest BCUT2D eigenvalue weighted by Gasteiger charge is -2.33. The van der Waals surface area contributed by atoms with E-state index >= 15 is 0 Å². The largest absolute Gasteiger partial charge is 0.477 e. The first kappa shape index (κ1) is 13.0. The zero-order valence-electron chi connectivity index (χ0n) is 9.74. The van der Waals surface area contributed by atoms with E-state index in [1.165, 1.54) is 0 Å². The number of hydrogen-bond donors (Lipinski definition) is 1. The molecular weight excluding hydrogens is 178 g/mol. The fourth-order valence-corrected chi connectivity index (χ4v) is 1.65. The average molecular weight is 199 g/mol. The van der Waals surface area contributed by atoms with Crippen LogP contribution in [0.2, 0.25) is 0 Å². The first-order valence-corrected chi connectivity index (χ1v) is 5.13. The van der Waals surface area contributed by atoms with Crippen LogP contribution in [0.4, 0.5) is 0 Å². The molecule has 0 spiro atoms. The standard InChI is InChI=1S/C11H21NO2/c1-6-7-10(11(13)14)12(8(2)3)9(4)5/h7-9H,6H2,1-5H3,(H,13,14)/b10-7+. The Kier molecular flexibility index (Phi) is 5.28. The molecule has 0 aromatic rings. The third-order valence-corrected chi connectivity index (χ3v) is 2.01. The predicted octanol–water partition coefficient (Wildman–Crippen LogP) is 2.48. The molecule has 0 saturated carbocycles. The lowest BCUT2D eigenvalue weighted by Crippen LogP contribution is -2.38. The van der Waals surface area contributed by atoms with Crippen molar-refractivity contribution in [3.63, 3.8) is 0 Å². The van der Waals surface area contributed by atoms with Gasteiger partial charge < -0.3 is 10.0 Å². The van der Waals surface area contributed by atoms with Gasteiger partial charge in [0.15, 0.2) is 0 Å². The summed E-state index contributed by atoms with van der Waals surface area (Å²) in [6, 6.07) is 0.424. The second kappa shape index (κ2) is 5.68. The maximum absolute atomic E-state index is 11.0. The number of hydrogen-bond acceptors (Lipinski definition) is 2. The van der Waals surface area contributed by atoms with Crippen LogP contribution in [-0.4, -0.2) is 28.1 Å². The molecular formula is C11H21NO2. The minimum Gasteiger partial charge on any atom is -0.477 e. The quantitative estimate of drug-likeness (QED) is 0.691. The van der Waals surface area contributed by atoms with Gasteiger partial charge in [0.05, 0.1) is 0 Å².